The Morgan fingerprint density at radius 3 is 2.55 bits per heavy atom. The van der Waals surface area contributed by atoms with E-state index in [4.69, 9.17) is 4.74 Å². The fourth-order valence-corrected chi connectivity index (χ4v) is 9.16. The first-order chi connectivity index (χ1) is 18.8. The molecule has 3 saturated carbocycles. The number of carbonyl (C=O) groups is 5. The molecule has 4 aliphatic carbocycles. The molecule has 0 aromatic heterocycles. The van der Waals surface area contributed by atoms with E-state index in [-0.39, 0.29) is 54.6 Å². The topological polar surface area (TPSA) is 159 Å². The predicted molar refractivity (Wildman–Crippen MR) is 141 cm³/mol. The highest BCUT2D eigenvalue weighted by molar-refractivity contribution is 5.92. The van der Waals surface area contributed by atoms with Crippen LogP contribution >= 0.6 is 0 Å². The van der Waals surface area contributed by atoms with Crippen molar-refractivity contribution in [2.45, 2.75) is 102 Å². The van der Waals surface area contributed by atoms with Crippen LogP contribution in [0.2, 0.25) is 0 Å². The highest BCUT2D eigenvalue weighted by Gasteiger charge is 2.68. The Morgan fingerprint density at radius 1 is 1.07 bits per heavy atom. The van der Waals surface area contributed by atoms with Crippen molar-refractivity contribution in [2.75, 3.05) is 13.2 Å². The van der Waals surface area contributed by atoms with Gasteiger partial charge in [-0.1, -0.05) is 19.4 Å². The number of aliphatic hydroxyl groups excluding tert-OH is 1. The van der Waals surface area contributed by atoms with Crippen LogP contribution in [0.15, 0.2) is 11.6 Å². The van der Waals surface area contributed by atoms with Crippen molar-refractivity contribution >= 4 is 29.4 Å². The maximum atomic E-state index is 13.4. The fraction of sp³-hybridized carbons (Fsp3) is 0.767. The lowest BCUT2D eigenvalue weighted by molar-refractivity contribution is -0.184. The van der Waals surface area contributed by atoms with E-state index in [1.165, 1.54) is 4.90 Å². The van der Waals surface area contributed by atoms with Gasteiger partial charge in [-0.25, -0.2) is 4.79 Å². The number of ether oxygens (including phenoxy) is 1. The van der Waals surface area contributed by atoms with Gasteiger partial charge in [0.25, 0.3) is 0 Å². The second-order valence-corrected chi connectivity index (χ2v) is 13.1. The van der Waals surface area contributed by atoms with Crippen LogP contribution in [0.5, 0.6) is 0 Å². The molecule has 1 aliphatic heterocycles. The van der Waals surface area contributed by atoms with Crippen LogP contribution in [0, 0.1) is 28.6 Å². The van der Waals surface area contributed by atoms with Gasteiger partial charge in [-0.3, -0.25) is 19.2 Å². The highest BCUT2D eigenvalue weighted by Crippen LogP contribution is 2.67. The van der Waals surface area contributed by atoms with Gasteiger partial charge in [0.05, 0.1) is 12.5 Å². The van der Waals surface area contributed by atoms with Crippen LogP contribution in [-0.2, 0) is 28.7 Å². The Kier molecular flexibility index (Phi) is 7.48. The van der Waals surface area contributed by atoms with Gasteiger partial charge >= 0.3 is 11.9 Å². The summed E-state index contributed by atoms with van der Waals surface area (Å²) in [5.41, 5.74) is -1.78. The Hall–Kier alpha value is -2.59. The van der Waals surface area contributed by atoms with E-state index in [1.54, 1.807) is 6.08 Å². The van der Waals surface area contributed by atoms with Gasteiger partial charge in [0.2, 0.25) is 11.7 Å². The molecule has 1 heterocycles. The number of rotatable bonds is 7. The third-order valence-electron chi connectivity index (χ3n) is 11.3. The number of hydrogen-bond acceptors (Lipinski definition) is 8. The Balaban J connectivity index is 1.21. The summed E-state index contributed by atoms with van der Waals surface area (Å²) in [5.74, 6) is -2.64. The molecule has 5 rings (SSSR count). The van der Waals surface area contributed by atoms with Crippen molar-refractivity contribution in [3.8, 4) is 0 Å². The summed E-state index contributed by atoms with van der Waals surface area (Å²) >= 11 is 0. The third kappa shape index (κ3) is 4.51. The maximum absolute atomic E-state index is 13.4. The normalized spacial score (nSPS) is 40.5. The van der Waals surface area contributed by atoms with Gasteiger partial charge in [-0.15, -0.1) is 0 Å². The number of ketones is 2. The molecular weight excluding hydrogens is 518 g/mol. The number of nitrogens with zero attached hydrogens (tertiary/aromatic N) is 1. The van der Waals surface area contributed by atoms with Crippen molar-refractivity contribution in [1.29, 1.82) is 0 Å². The minimum Gasteiger partial charge on any atom is -0.480 e. The maximum Gasteiger partial charge on any atom is 0.326 e. The summed E-state index contributed by atoms with van der Waals surface area (Å²) in [5, 5.41) is 32.5. The number of allylic oxidation sites excluding steroid dienone is 1. The Morgan fingerprint density at radius 2 is 1.82 bits per heavy atom. The largest absolute Gasteiger partial charge is 0.480 e. The average Bonchev–Trinajstić information content (AvgIpc) is 3.50. The van der Waals surface area contributed by atoms with Gasteiger partial charge < -0.3 is 25.0 Å². The molecule has 10 heteroatoms. The monoisotopic (exact) mass is 559 g/mol. The molecular formula is C30H41NO9. The quantitative estimate of drug-likeness (QED) is 0.398. The molecule has 0 aromatic rings. The van der Waals surface area contributed by atoms with Crippen LogP contribution in [-0.4, -0.2) is 80.5 Å². The van der Waals surface area contributed by atoms with Crippen LogP contribution in [0.25, 0.3) is 0 Å². The molecule has 40 heavy (non-hydrogen) atoms. The first-order valence-electron chi connectivity index (χ1n) is 14.7. The first-order valence-corrected chi connectivity index (χ1v) is 14.7. The zero-order valence-electron chi connectivity index (χ0n) is 23.4. The predicted octanol–water partition coefficient (Wildman–Crippen LogP) is 2.19. The molecule has 0 aromatic carbocycles. The van der Waals surface area contributed by atoms with Crippen molar-refractivity contribution in [2.24, 2.45) is 28.6 Å². The molecule has 3 N–H and O–H groups in total. The number of carboxylic acids is 1. The molecule has 1 saturated heterocycles. The van der Waals surface area contributed by atoms with Crippen LogP contribution in [0.4, 0.5) is 0 Å². The zero-order valence-corrected chi connectivity index (χ0v) is 23.4. The number of amides is 1. The number of carboxylic acid groups (broad SMARTS) is 1. The molecule has 5 aliphatic rings. The Labute approximate surface area is 234 Å². The molecule has 4 fully saturated rings. The standard InChI is InChI=1S/C30H41NO9/c1-28-11-9-18(32)14-17(28)5-6-19-20-10-12-30(39,29(20,2)15-22(33)26(19)28)23(34)16-40-25(36)8-7-24(35)31-13-3-4-21(31)27(37)38/h14,19-22,26,33,39H,3-13,15-16H2,1-2H3,(H,37,38)/t19-,20-,21-,22+,26+,28-,29-,30-/m0/s1. The molecule has 0 spiro atoms. The lowest BCUT2D eigenvalue weighted by Gasteiger charge is -2.60. The molecule has 0 bridgehead atoms. The van der Waals surface area contributed by atoms with E-state index >= 15 is 0 Å². The number of fused-ring (bicyclic) bond motifs is 5. The van der Waals surface area contributed by atoms with Crippen molar-refractivity contribution < 1.29 is 44.0 Å². The molecule has 10 nitrogen and oxygen atoms in total. The molecule has 220 valence electrons. The van der Waals surface area contributed by atoms with E-state index in [1.807, 2.05) is 6.92 Å². The second kappa shape index (κ2) is 10.4. The number of aliphatic hydroxyl groups is 2. The van der Waals surface area contributed by atoms with Gasteiger partial charge in [0.1, 0.15) is 11.6 Å². The third-order valence-corrected chi connectivity index (χ3v) is 11.3. The summed E-state index contributed by atoms with van der Waals surface area (Å²) in [6.45, 7) is 3.73. The van der Waals surface area contributed by atoms with E-state index in [0.29, 0.717) is 38.6 Å². The van der Waals surface area contributed by atoms with Crippen LogP contribution in [0.1, 0.15) is 84.5 Å². The summed E-state index contributed by atoms with van der Waals surface area (Å²) in [6.07, 6.45) is 5.35. The van der Waals surface area contributed by atoms with E-state index in [9.17, 15) is 39.3 Å². The fourth-order valence-electron chi connectivity index (χ4n) is 9.16. The second-order valence-electron chi connectivity index (χ2n) is 13.1. The minimum absolute atomic E-state index is 0.0156. The summed E-state index contributed by atoms with van der Waals surface area (Å²) in [6, 6.07) is -0.879. The summed E-state index contributed by atoms with van der Waals surface area (Å²) < 4.78 is 5.19. The van der Waals surface area contributed by atoms with E-state index in [2.05, 4.69) is 6.92 Å². The zero-order chi connectivity index (χ0) is 29.0. The van der Waals surface area contributed by atoms with Gasteiger partial charge in [-0.05, 0) is 80.6 Å². The number of esters is 1. The van der Waals surface area contributed by atoms with Crippen LogP contribution < -0.4 is 0 Å². The van der Waals surface area contributed by atoms with Gasteiger partial charge in [-0.2, -0.15) is 0 Å². The number of Topliss-reactive ketones (excluding diaryl/α,β-unsaturated/α-hetero) is 1. The lowest BCUT2D eigenvalue weighted by Crippen LogP contribution is -2.62. The molecule has 0 unspecified atom stereocenters. The first kappa shape index (κ1) is 28.9. The van der Waals surface area contributed by atoms with E-state index < -0.39 is 53.4 Å². The summed E-state index contributed by atoms with van der Waals surface area (Å²) in [7, 11) is 0. The van der Waals surface area contributed by atoms with E-state index in [0.717, 1.165) is 18.4 Å². The van der Waals surface area contributed by atoms with Crippen molar-refractivity contribution in [3.63, 3.8) is 0 Å². The van der Waals surface area contributed by atoms with Gasteiger partial charge in [0.15, 0.2) is 12.4 Å². The highest BCUT2D eigenvalue weighted by atomic mass is 16.5. The number of likely N-dealkylation sites (tertiary alicyclic amines) is 1. The van der Waals surface area contributed by atoms with Gasteiger partial charge in [0, 0.05) is 24.8 Å². The van der Waals surface area contributed by atoms with Crippen molar-refractivity contribution in [3.05, 3.63) is 11.6 Å². The number of aliphatic carboxylic acids is 1. The van der Waals surface area contributed by atoms with Crippen LogP contribution in [0.3, 0.4) is 0 Å². The van der Waals surface area contributed by atoms with Crippen molar-refractivity contribution in [1.82, 2.24) is 4.90 Å². The lowest BCUT2D eigenvalue weighted by atomic mass is 9.45. The average molecular weight is 560 g/mol. The number of hydrogen-bond donors (Lipinski definition) is 3. The number of carbonyl (C=O) groups excluding carboxylic acids is 4. The minimum atomic E-state index is -1.75. The molecule has 8 atom stereocenters. The summed E-state index contributed by atoms with van der Waals surface area (Å²) in [4.78, 5) is 62.9. The molecule has 1 amide bonds. The SMILES string of the molecule is C[C@]12CCC(=O)C=C1CC[C@@H]1[C@@H]2[C@H](O)C[C@@]2(C)[C@H]1CC[C@]2(O)C(=O)COC(=O)CCC(=O)N1CCC[C@H]1C(=O)O. The Bertz CT molecular complexity index is 1150. The smallest absolute Gasteiger partial charge is 0.326 e. The molecule has 0 radical (unpaired) electrons.